The molecule has 1 amide bonds. The van der Waals surface area contributed by atoms with Crippen LogP contribution in [-0.4, -0.2) is 38.3 Å². The van der Waals surface area contributed by atoms with Gasteiger partial charge in [0.2, 0.25) is 15.9 Å². The summed E-state index contributed by atoms with van der Waals surface area (Å²) in [6.45, 7) is 4.55. The van der Waals surface area contributed by atoms with Crippen LogP contribution in [0.5, 0.6) is 0 Å². The molecule has 4 rings (SSSR count). The second-order valence-corrected chi connectivity index (χ2v) is 10.7. The Kier molecular flexibility index (Phi) is 5.41. The van der Waals surface area contributed by atoms with Gasteiger partial charge in [-0.05, 0) is 74.6 Å². The van der Waals surface area contributed by atoms with E-state index in [1.807, 2.05) is 19.9 Å². The molecular weight excluding hydrogens is 427 g/mol. The molecular formula is C22H24ClFN2O3S. The molecule has 0 saturated carbocycles. The van der Waals surface area contributed by atoms with Crippen LogP contribution in [0.4, 0.5) is 10.1 Å². The zero-order valence-corrected chi connectivity index (χ0v) is 18.6. The van der Waals surface area contributed by atoms with Crippen LogP contribution in [0.25, 0.3) is 0 Å². The standard InChI is InChI=1S/C22H24ClFN2O3S/c1-15-10-16(2)12-18(11-15)30(28,29)25-8-3-6-22(14-25)7-9-26(21(22)27)20-13-17(23)4-5-19(20)24/h4-5,10-13H,3,6-9,14H2,1-2H3. The predicted molar refractivity (Wildman–Crippen MR) is 115 cm³/mol. The summed E-state index contributed by atoms with van der Waals surface area (Å²) in [7, 11) is -3.72. The topological polar surface area (TPSA) is 57.7 Å². The average molecular weight is 451 g/mol. The number of aryl methyl sites for hydroxylation is 2. The number of sulfonamides is 1. The molecule has 5 nitrogen and oxygen atoms in total. The third kappa shape index (κ3) is 3.63. The van der Waals surface area contributed by atoms with Gasteiger partial charge in [-0.15, -0.1) is 0 Å². The van der Waals surface area contributed by atoms with Crippen molar-refractivity contribution in [3.63, 3.8) is 0 Å². The highest BCUT2D eigenvalue weighted by Gasteiger charge is 2.51. The van der Waals surface area contributed by atoms with Gasteiger partial charge >= 0.3 is 0 Å². The minimum Gasteiger partial charge on any atom is -0.309 e. The van der Waals surface area contributed by atoms with Crippen molar-refractivity contribution < 1.29 is 17.6 Å². The number of hydrogen-bond donors (Lipinski definition) is 0. The molecule has 2 aliphatic rings. The average Bonchev–Trinajstić information content (AvgIpc) is 2.99. The van der Waals surface area contributed by atoms with Crippen molar-refractivity contribution in [3.8, 4) is 0 Å². The smallest absolute Gasteiger partial charge is 0.243 e. The molecule has 0 N–H and O–H groups in total. The highest BCUT2D eigenvalue weighted by Crippen LogP contribution is 2.43. The normalized spacial score (nSPS) is 22.8. The molecule has 1 spiro atoms. The highest BCUT2D eigenvalue weighted by atomic mass is 35.5. The summed E-state index contributed by atoms with van der Waals surface area (Å²) in [5.41, 5.74) is 1.07. The molecule has 2 saturated heterocycles. The fourth-order valence-electron chi connectivity index (χ4n) is 4.65. The van der Waals surface area contributed by atoms with Crippen molar-refractivity contribution >= 4 is 33.2 Å². The van der Waals surface area contributed by atoms with Crippen LogP contribution in [-0.2, 0) is 14.8 Å². The van der Waals surface area contributed by atoms with Crippen LogP contribution >= 0.6 is 11.6 Å². The van der Waals surface area contributed by atoms with E-state index in [2.05, 4.69) is 0 Å². The van der Waals surface area contributed by atoms with E-state index in [-0.39, 0.29) is 23.0 Å². The molecule has 0 bridgehead atoms. The lowest BCUT2D eigenvalue weighted by Crippen LogP contribution is -2.49. The Morgan fingerprint density at radius 1 is 1.03 bits per heavy atom. The van der Waals surface area contributed by atoms with Crippen LogP contribution in [0, 0.1) is 25.1 Å². The van der Waals surface area contributed by atoms with Crippen LogP contribution in [0.2, 0.25) is 5.02 Å². The summed E-state index contributed by atoms with van der Waals surface area (Å²) in [6, 6.07) is 9.37. The Labute approximate surface area is 181 Å². The van der Waals surface area contributed by atoms with Gasteiger partial charge in [-0.2, -0.15) is 4.31 Å². The summed E-state index contributed by atoms with van der Waals surface area (Å²) in [6.07, 6.45) is 1.65. The number of rotatable bonds is 3. The van der Waals surface area contributed by atoms with E-state index >= 15 is 0 Å². The van der Waals surface area contributed by atoms with Crippen molar-refractivity contribution in [2.24, 2.45) is 5.41 Å². The number of amides is 1. The Balaban J connectivity index is 1.63. The first-order valence-electron chi connectivity index (χ1n) is 9.98. The quantitative estimate of drug-likeness (QED) is 0.700. The Bertz CT molecular complexity index is 1100. The zero-order valence-electron chi connectivity index (χ0n) is 17.0. The Morgan fingerprint density at radius 3 is 2.43 bits per heavy atom. The van der Waals surface area contributed by atoms with Gasteiger partial charge in [0, 0.05) is 24.7 Å². The summed E-state index contributed by atoms with van der Waals surface area (Å²) in [4.78, 5) is 15.0. The largest absolute Gasteiger partial charge is 0.309 e. The molecule has 2 heterocycles. The van der Waals surface area contributed by atoms with E-state index in [4.69, 9.17) is 11.6 Å². The second kappa shape index (κ2) is 7.62. The van der Waals surface area contributed by atoms with Crippen LogP contribution in [0.15, 0.2) is 41.3 Å². The number of carbonyl (C=O) groups is 1. The van der Waals surface area contributed by atoms with Crippen LogP contribution in [0.3, 0.4) is 0 Å². The van der Waals surface area contributed by atoms with E-state index in [1.165, 1.54) is 27.4 Å². The van der Waals surface area contributed by atoms with Crippen LogP contribution in [0.1, 0.15) is 30.4 Å². The molecule has 0 aromatic heterocycles. The van der Waals surface area contributed by atoms with Gasteiger partial charge in [0.25, 0.3) is 0 Å². The summed E-state index contributed by atoms with van der Waals surface area (Å²) in [5, 5.41) is 0.350. The van der Waals surface area contributed by atoms with E-state index in [0.29, 0.717) is 37.4 Å². The van der Waals surface area contributed by atoms with E-state index < -0.39 is 21.3 Å². The van der Waals surface area contributed by atoms with Crippen molar-refractivity contribution in [1.29, 1.82) is 0 Å². The molecule has 1 atom stereocenters. The van der Waals surface area contributed by atoms with Gasteiger partial charge in [0.15, 0.2) is 0 Å². The summed E-state index contributed by atoms with van der Waals surface area (Å²) >= 11 is 6.00. The van der Waals surface area contributed by atoms with Gasteiger partial charge < -0.3 is 4.90 Å². The highest BCUT2D eigenvalue weighted by molar-refractivity contribution is 7.89. The van der Waals surface area contributed by atoms with Gasteiger partial charge in [-0.3, -0.25) is 4.79 Å². The predicted octanol–water partition coefficient (Wildman–Crippen LogP) is 4.30. The maximum Gasteiger partial charge on any atom is 0.243 e. The van der Waals surface area contributed by atoms with Crippen molar-refractivity contribution in [3.05, 3.63) is 58.4 Å². The molecule has 2 fully saturated rings. The molecule has 1 unspecified atom stereocenters. The molecule has 160 valence electrons. The first kappa shape index (κ1) is 21.3. The van der Waals surface area contributed by atoms with Gasteiger partial charge in [-0.1, -0.05) is 17.7 Å². The lowest BCUT2D eigenvalue weighted by molar-refractivity contribution is -0.127. The summed E-state index contributed by atoms with van der Waals surface area (Å²) in [5.74, 6) is -0.746. The maximum absolute atomic E-state index is 14.4. The fourth-order valence-corrected chi connectivity index (χ4v) is 6.57. The lowest BCUT2D eigenvalue weighted by Gasteiger charge is -2.38. The molecule has 0 radical (unpaired) electrons. The summed E-state index contributed by atoms with van der Waals surface area (Å²) < 4.78 is 42.4. The van der Waals surface area contributed by atoms with E-state index in [0.717, 1.165) is 11.1 Å². The fraction of sp³-hybridized carbons (Fsp3) is 0.409. The maximum atomic E-state index is 14.4. The number of anilines is 1. The molecule has 30 heavy (non-hydrogen) atoms. The molecule has 2 aromatic carbocycles. The first-order valence-corrected chi connectivity index (χ1v) is 11.8. The van der Waals surface area contributed by atoms with Crippen molar-refractivity contribution in [1.82, 2.24) is 4.31 Å². The van der Waals surface area contributed by atoms with Gasteiger partial charge in [0.1, 0.15) is 5.82 Å². The van der Waals surface area contributed by atoms with Gasteiger partial charge in [-0.25, -0.2) is 12.8 Å². The number of benzene rings is 2. The van der Waals surface area contributed by atoms with Crippen molar-refractivity contribution in [2.75, 3.05) is 24.5 Å². The molecule has 0 aliphatic carbocycles. The SMILES string of the molecule is Cc1cc(C)cc(S(=O)(=O)N2CCCC3(CCN(c4cc(Cl)ccc4F)C3=O)C2)c1. The number of nitrogens with zero attached hydrogens (tertiary/aromatic N) is 2. The Morgan fingerprint density at radius 2 is 1.73 bits per heavy atom. The monoisotopic (exact) mass is 450 g/mol. The first-order chi connectivity index (χ1) is 14.1. The van der Waals surface area contributed by atoms with Gasteiger partial charge in [0.05, 0.1) is 16.0 Å². The number of hydrogen-bond acceptors (Lipinski definition) is 3. The lowest BCUT2D eigenvalue weighted by atomic mass is 9.79. The third-order valence-electron chi connectivity index (χ3n) is 6.09. The zero-order chi connectivity index (χ0) is 21.7. The van der Waals surface area contributed by atoms with E-state index in [1.54, 1.807) is 12.1 Å². The third-order valence-corrected chi connectivity index (χ3v) is 8.14. The molecule has 8 heteroatoms. The van der Waals surface area contributed by atoms with E-state index in [9.17, 15) is 17.6 Å². The second-order valence-electron chi connectivity index (χ2n) is 8.35. The number of halogens is 2. The number of carbonyl (C=O) groups excluding carboxylic acids is 1. The van der Waals surface area contributed by atoms with Crippen molar-refractivity contribution in [2.45, 2.75) is 38.0 Å². The molecule has 2 aromatic rings. The van der Waals surface area contributed by atoms with Crippen LogP contribution < -0.4 is 4.90 Å². The molecule has 2 aliphatic heterocycles. The Hall–Kier alpha value is -1.96. The minimum absolute atomic E-state index is 0.111. The minimum atomic E-state index is -3.72. The number of piperidine rings is 1.